The summed E-state index contributed by atoms with van der Waals surface area (Å²) in [5, 5.41) is 12.2. The fraction of sp³-hybridized carbons (Fsp3) is 0.412. The minimum atomic E-state index is -0.553. The van der Waals surface area contributed by atoms with Crippen molar-refractivity contribution in [1.29, 1.82) is 0 Å². The number of aromatic nitrogens is 2. The van der Waals surface area contributed by atoms with Crippen LogP contribution in [0.4, 0.5) is 4.79 Å². The summed E-state index contributed by atoms with van der Waals surface area (Å²) in [5.74, 6) is -0.0412. The normalized spacial score (nSPS) is 12.5. The summed E-state index contributed by atoms with van der Waals surface area (Å²) >= 11 is 1.09. The van der Waals surface area contributed by atoms with Gasteiger partial charge in [-0.2, -0.15) is 0 Å². The number of rotatable bonds is 4. The number of imide groups is 1. The second kappa shape index (κ2) is 7.69. The van der Waals surface area contributed by atoms with E-state index >= 15 is 0 Å². The van der Waals surface area contributed by atoms with Crippen LogP contribution < -0.4 is 10.6 Å². The van der Waals surface area contributed by atoms with Gasteiger partial charge in [-0.25, -0.2) is 4.79 Å². The van der Waals surface area contributed by atoms with E-state index in [0.29, 0.717) is 5.89 Å². The van der Waals surface area contributed by atoms with E-state index in [1.54, 1.807) is 6.92 Å². The lowest BCUT2D eigenvalue weighted by Gasteiger charge is -2.18. The third-order valence-electron chi connectivity index (χ3n) is 3.51. The van der Waals surface area contributed by atoms with Gasteiger partial charge in [-0.3, -0.25) is 10.1 Å². The highest BCUT2D eigenvalue weighted by Crippen LogP contribution is 2.28. The summed E-state index contributed by atoms with van der Waals surface area (Å²) in [7, 11) is 1.44. The van der Waals surface area contributed by atoms with Crippen LogP contribution in [-0.4, -0.2) is 34.4 Å². The van der Waals surface area contributed by atoms with Gasteiger partial charge < -0.3 is 9.73 Å². The molecule has 25 heavy (non-hydrogen) atoms. The Hall–Kier alpha value is -2.35. The second-order valence-corrected chi connectivity index (χ2v) is 7.82. The summed E-state index contributed by atoms with van der Waals surface area (Å²) in [6.45, 7) is 8.10. The van der Waals surface area contributed by atoms with Crippen molar-refractivity contribution in [3.05, 3.63) is 29.8 Å². The molecule has 0 fully saturated rings. The van der Waals surface area contributed by atoms with Crippen LogP contribution in [0.25, 0.3) is 11.5 Å². The van der Waals surface area contributed by atoms with Gasteiger partial charge in [-0.1, -0.05) is 44.7 Å². The van der Waals surface area contributed by atoms with Crippen molar-refractivity contribution in [3.8, 4) is 11.5 Å². The number of carbonyl (C=O) groups excluding carboxylic acids is 2. The zero-order valence-corrected chi connectivity index (χ0v) is 15.7. The van der Waals surface area contributed by atoms with E-state index in [1.807, 2.05) is 24.3 Å². The molecule has 0 aliphatic carbocycles. The summed E-state index contributed by atoms with van der Waals surface area (Å²) in [5.41, 5.74) is 2.10. The molecule has 0 bridgehead atoms. The maximum absolute atomic E-state index is 11.8. The second-order valence-electron chi connectivity index (χ2n) is 6.53. The predicted octanol–water partition coefficient (Wildman–Crippen LogP) is 2.97. The quantitative estimate of drug-likeness (QED) is 0.812. The van der Waals surface area contributed by atoms with Gasteiger partial charge in [-0.05, 0) is 30.0 Å². The minimum Gasteiger partial charge on any atom is -0.411 e. The average molecular weight is 362 g/mol. The van der Waals surface area contributed by atoms with Gasteiger partial charge >= 0.3 is 6.03 Å². The van der Waals surface area contributed by atoms with Gasteiger partial charge in [-0.15, -0.1) is 10.2 Å². The summed E-state index contributed by atoms with van der Waals surface area (Å²) < 4.78 is 5.61. The van der Waals surface area contributed by atoms with E-state index in [9.17, 15) is 9.59 Å². The van der Waals surface area contributed by atoms with Gasteiger partial charge in [0.25, 0.3) is 5.22 Å². The Morgan fingerprint density at radius 2 is 1.80 bits per heavy atom. The molecule has 2 aromatic rings. The maximum Gasteiger partial charge on any atom is 0.321 e. The fourth-order valence-corrected chi connectivity index (χ4v) is 2.65. The number of hydrogen-bond donors (Lipinski definition) is 2. The first-order valence-electron chi connectivity index (χ1n) is 7.84. The van der Waals surface area contributed by atoms with E-state index in [1.165, 1.54) is 12.6 Å². The Morgan fingerprint density at radius 1 is 1.16 bits per heavy atom. The van der Waals surface area contributed by atoms with Crippen LogP contribution in [0.1, 0.15) is 33.3 Å². The van der Waals surface area contributed by atoms with Gasteiger partial charge in [0.05, 0.1) is 5.25 Å². The van der Waals surface area contributed by atoms with Crippen molar-refractivity contribution >= 4 is 23.7 Å². The Balaban J connectivity index is 2.04. The van der Waals surface area contributed by atoms with Crippen LogP contribution in [0.15, 0.2) is 33.9 Å². The first kappa shape index (κ1) is 19.0. The fourth-order valence-electron chi connectivity index (χ4n) is 1.97. The topological polar surface area (TPSA) is 97.1 Å². The molecule has 8 heteroatoms. The highest BCUT2D eigenvalue weighted by atomic mass is 32.2. The smallest absolute Gasteiger partial charge is 0.321 e. The Labute approximate surface area is 151 Å². The molecule has 1 heterocycles. The first-order chi connectivity index (χ1) is 11.7. The lowest BCUT2D eigenvalue weighted by Crippen LogP contribution is -2.41. The monoisotopic (exact) mass is 362 g/mol. The van der Waals surface area contributed by atoms with E-state index in [-0.39, 0.29) is 10.6 Å². The molecule has 3 amide bonds. The minimum absolute atomic E-state index is 0.0714. The van der Waals surface area contributed by atoms with Crippen molar-refractivity contribution < 1.29 is 14.0 Å². The Morgan fingerprint density at radius 3 is 2.36 bits per heavy atom. The number of nitrogens with zero attached hydrogens (tertiary/aromatic N) is 2. The third kappa shape index (κ3) is 5.06. The van der Waals surface area contributed by atoms with Crippen molar-refractivity contribution in [2.24, 2.45) is 0 Å². The molecule has 2 rings (SSSR count). The van der Waals surface area contributed by atoms with Crippen LogP contribution in [0.2, 0.25) is 0 Å². The molecule has 1 aromatic carbocycles. The Kier molecular flexibility index (Phi) is 5.84. The van der Waals surface area contributed by atoms with Crippen molar-refractivity contribution in [2.75, 3.05) is 7.05 Å². The van der Waals surface area contributed by atoms with E-state index in [2.05, 4.69) is 41.6 Å². The number of urea groups is 1. The summed E-state index contributed by atoms with van der Waals surface area (Å²) in [6, 6.07) is 7.38. The molecule has 0 saturated carbocycles. The van der Waals surface area contributed by atoms with Crippen LogP contribution in [0.3, 0.4) is 0 Å². The lowest BCUT2D eigenvalue weighted by atomic mass is 9.87. The summed E-state index contributed by atoms with van der Waals surface area (Å²) in [6.07, 6.45) is 0. The molecule has 0 aliphatic heterocycles. The van der Waals surface area contributed by atoms with Crippen molar-refractivity contribution in [2.45, 2.75) is 43.6 Å². The predicted molar refractivity (Wildman–Crippen MR) is 96.4 cm³/mol. The molecular formula is C17H22N4O3S. The molecular weight excluding hydrogens is 340 g/mol. The molecule has 1 atom stereocenters. The number of thioether (sulfide) groups is 1. The van der Waals surface area contributed by atoms with Gasteiger partial charge in [0.15, 0.2) is 0 Å². The molecule has 2 N–H and O–H groups in total. The number of hydrogen-bond acceptors (Lipinski definition) is 6. The highest BCUT2D eigenvalue weighted by Gasteiger charge is 2.20. The lowest BCUT2D eigenvalue weighted by molar-refractivity contribution is -0.119. The molecule has 0 spiro atoms. The zero-order valence-electron chi connectivity index (χ0n) is 14.9. The molecule has 0 aliphatic rings. The SMILES string of the molecule is CNC(=O)NC(=O)C(C)Sc1nnc(-c2ccc(C(C)(C)C)cc2)o1. The molecule has 0 radical (unpaired) electrons. The Bertz CT molecular complexity index is 750. The number of carbonyl (C=O) groups is 2. The van der Waals surface area contributed by atoms with E-state index < -0.39 is 17.2 Å². The molecule has 1 unspecified atom stereocenters. The maximum atomic E-state index is 11.8. The van der Waals surface area contributed by atoms with Crippen LogP contribution in [0.5, 0.6) is 0 Å². The zero-order chi connectivity index (χ0) is 18.6. The van der Waals surface area contributed by atoms with Crippen LogP contribution in [-0.2, 0) is 10.2 Å². The molecule has 134 valence electrons. The van der Waals surface area contributed by atoms with Gasteiger partial charge in [0.2, 0.25) is 11.8 Å². The van der Waals surface area contributed by atoms with E-state index in [4.69, 9.17) is 4.42 Å². The number of amides is 3. The largest absolute Gasteiger partial charge is 0.411 e. The van der Waals surface area contributed by atoms with Crippen LogP contribution in [0, 0.1) is 0 Å². The average Bonchev–Trinajstić information content (AvgIpc) is 3.02. The van der Waals surface area contributed by atoms with Gasteiger partial charge in [0, 0.05) is 12.6 Å². The van der Waals surface area contributed by atoms with Crippen molar-refractivity contribution in [3.63, 3.8) is 0 Å². The number of benzene rings is 1. The molecule has 7 nitrogen and oxygen atoms in total. The van der Waals surface area contributed by atoms with Gasteiger partial charge in [0.1, 0.15) is 0 Å². The van der Waals surface area contributed by atoms with Crippen LogP contribution >= 0.6 is 11.8 Å². The first-order valence-corrected chi connectivity index (χ1v) is 8.72. The molecule has 1 aromatic heterocycles. The highest BCUT2D eigenvalue weighted by molar-refractivity contribution is 8.00. The van der Waals surface area contributed by atoms with Crippen molar-refractivity contribution in [1.82, 2.24) is 20.8 Å². The third-order valence-corrected chi connectivity index (χ3v) is 4.45. The number of nitrogens with one attached hydrogen (secondary N) is 2. The van der Waals surface area contributed by atoms with E-state index in [0.717, 1.165) is 17.3 Å². The standard InChI is InChI=1S/C17H22N4O3S/c1-10(13(22)19-15(23)18-5)25-16-21-20-14(24-16)11-6-8-12(9-7-11)17(2,3)4/h6-10H,1-5H3,(H2,18,19,22,23). The summed E-state index contributed by atoms with van der Waals surface area (Å²) in [4.78, 5) is 23.0. The molecule has 0 saturated heterocycles.